The summed E-state index contributed by atoms with van der Waals surface area (Å²) in [5.74, 6) is 4.73. The summed E-state index contributed by atoms with van der Waals surface area (Å²) in [5.41, 5.74) is 6.28. The maximum atomic E-state index is 6.46. The Morgan fingerprint density at radius 2 is 1.00 bits per heavy atom. The second kappa shape index (κ2) is 16.9. The number of hydrogen-bond donors (Lipinski definition) is 0. The lowest BCUT2D eigenvalue weighted by atomic mass is 10.1. The summed E-state index contributed by atoms with van der Waals surface area (Å²) in [6, 6.07) is 39.6. The Morgan fingerprint density at radius 1 is 0.564 bits per heavy atom. The van der Waals surface area contributed by atoms with Gasteiger partial charge in [0.25, 0.3) is 0 Å². The van der Waals surface area contributed by atoms with Gasteiger partial charge in [0, 0.05) is 44.9 Å². The van der Waals surface area contributed by atoms with Gasteiger partial charge in [0.15, 0.2) is 11.6 Å². The molecule has 13 heteroatoms. The molecule has 0 aliphatic carbocycles. The Labute approximate surface area is 327 Å². The fourth-order valence-corrected chi connectivity index (χ4v) is 7.85. The zero-order valence-electron chi connectivity index (χ0n) is 30.1. The van der Waals surface area contributed by atoms with Crippen LogP contribution in [-0.2, 0) is 13.2 Å². The van der Waals surface area contributed by atoms with Gasteiger partial charge >= 0.3 is 0 Å². The van der Waals surface area contributed by atoms with Crippen LogP contribution >= 0.6 is 23.5 Å². The second-order valence-corrected chi connectivity index (χ2v) is 14.5. The molecule has 0 spiro atoms. The van der Waals surface area contributed by atoms with E-state index in [2.05, 4.69) is 39.5 Å². The highest BCUT2D eigenvalue weighted by Crippen LogP contribution is 2.31. The second-order valence-electron chi connectivity index (χ2n) is 12.4. The maximum absolute atomic E-state index is 6.46. The van der Waals surface area contributed by atoms with Gasteiger partial charge in [-0.05, 0) is 43.3 Å². The molecule has 0 N–H and O–H groups in total. The van der Waals surface area contributed by atoms with Crippen LogP contribution in [0.25, 0.3) is 22.8 Å². The zero-order valence-corrected chi connectivity index (χ0v) is 31.8. The number of fused-ring (bicyclic) bond motifs is 6. The predicted octanol–water partition coefficient (Wildman–Crippen LogP) is 8.64. The summed E-state index contributed by atoms with van der Waals surface area (Å²) in [7, 11) is 1.67. The van der Waals surface area contributed by atoms with Crippen LogP contribution in [0.4, 0.5) is 0 Å². The van der Waals surface area contributed by atoms with Gasteiger partial charge in [-0.15, -0.1) is 20.4 Å². The average Bonchev–Trinajstić information content (AvgIpc) is 3.83. The highest BCUT2D eigenvalue weighted by atomic mass is 32.2. The third-order valence-electron chi connectivity index (χ3n) is 8.65. The van der Waals surface area contributed by atoms with Crippen LogP contribution < -0.4 is 14.2 Å². The first-order valence-electron chi connectivity index (χ1n) is 17.6. The first kappa shape index (κ1) is 35.8. The molecule has 55 heavy (non-hydrogen) atoms. The van der Waals surface area contributed by atoms with Crippen molar-refractivity contribution in [2.75, 3.05) is 18.6 Å². The van der Waals surface area contributed by atoms with Gasteiger partial charge in [0.1, 0.15) is 30.5 Å². The maximum Gasteiger partial charge on any atom is 0.212 e. The molecular weight excluding hydrogens is 729 g/mol. The molecule has 0 unspecified atom stereocenters. The molecule has 1 aliphatic heterocycles. The smallest absolute Gasteiger partial charge is 0.212 e. The summed E-state index contributed by atoms with van der Waals surface area (Å²) in [6.07, 6.45) is 3.57. The summed E-state index contributed by atoms with van der Waals surface area (Å²) >= 11 is 3.12. The fourth-order valence-electron chi connectivity index (χ4n) is 6.11. The summed E-state index contributed by atoms with van der Waals surface area (Å²) < 4.78 is 22.5. The summed E-state index contributed by atoms with van der Waals surface area (Å²) in [5, 5.41) is 29.4. The number of aromatic nitrogens is 6. The Kier molecular flexibility index (Phi) is 11.0. The number of ether oxygens (including phenoxy) is 3. The molecular formula is C42H36N8O3S2. The van der Waals surface area contributed by atoms with Crippen molar-refractivity contribution in [3.63, 3.8) is 0 Å². The number of benzene rings is 5. The number of rotatable bonds is 3. The third kappa shape index (κ3) is 8.17. The van der Waals surface area contributed by atoms with E-state index in [1.807, 2.05) is 109 Å². The van der Waals surface area contributed by atoms with Crippen molar-refractivity contribution in [3.8, 4) is 40.0 Å². The third-order valence-corrected chi connectivity index (χ3v) is 10.8. The van der Waals surface area contributed by atoms with Crippen LogP contribution in [-0.4, -0.2) is 60.8 Å². The van der Waals surface area contributed by atoms with E-state index >= 15 is 0 Å². The van der Waals surface area contributed by atoms with Gasteiger partial charge in [-0.2, -0.15) is 19.6 Å². The van der Waals surface area contributed by atoms with E-state index in [1.54, 1.807) is 52.4 Å². The Morgan fingerprint density at radius 3 is 1.45 bits per heavy atom. The van der Waals surface area contributed by atoms with Crippen molar-refractivity contribution in [1.29, 1.82) is 0 Å². The molecule has 0 amide bonds. The van der Waals surface area contributed by atoms with Gasteiger partial charge in [0.05, 0.1) is 19.5 Å². The van der Waals surface area contributed by atoms with E-state index in [4.69, 9.17) is 24.4 Å². The highest BCUT2D eigenvalue weighted by molar-refractivity contribution is 8.02. The minimum atomic E-state index is 0.275. The first-order valence-corrected chi connectivity index (χ1v) is 19.6. The molecule has 7 aromatic rings. The van der Waals surface area contributed by atoms with Crippen LogP contribution in [0.15, 0.2) is 142 Å². The minimum absolute atomic E-state index is 0.275. The lowest BCUT2D eigenvalue weighted by molar-refractivity contribution is 0.282. The molecule has 2 bridgehead atoms. The minimum Gasteiger partial charge on any atom is -0.496 e. The predicted molar refractivity (Wildman–Crippen MR) is 218 cm³/mol. The van der Waals surface area contributed by atoms with Crippen LogP contribution in [0.5, 0.6) is 17.2 Å². The van der Waals surface area contributed by atoms with E-state index in [0.717, 1.165) is 38.9 Å². The molecule has 11 nitrogen and oxygen atoms in total. The monoisotopic (exact) mass is 764 g/mol. The van der Waals surface area contributed by atoms with Crippen LogP contribution in [0.3, 0.4) is 0 Å². The van der Waals surface area contributed by atoms with Crippen molar-refractivity contribution in [2.45, 2.75) is 30.5 Å². The number of hydrogen-bond acceptors (Lipinski definition) is 11. The Balaban J connectivity index is 1.20. The number of nitrogens with zero attached hydrogens (tertiary/aromatic N) is 8. The molecule has 0 radical (unpaired) electrons. The normalized spacial score (nSPS) is 14.5. The molecule has 0 saturated heterocycles. The van der Waals surface area contributed by atoms with Gasteiger partial charge in [-0.3, -0.25) is 0 Å². The van der Waals surface area contributed by atoms with Gasteiger partial charge < -0.3 is 14.2 Å². The van der Waals surface area contributed by atoms with E-state index in [-0.39, 0.29) is 13.2 Å². The average molecular weight is 765 g/mol. The summed E-state index contributed by atoms with van der Waals surface area (Å²) in [6.45, 7) is 2.60. The zero-order chi connectivity index (χ0) is 37.4. The van der Waals surface area contributed by atoms with Crippen LogP contribution in [0, 0.1) is 6.92 Å². The fraction of sp³-hybridized carbons (Fsp3) is 0.143. The van der Waals surface area contributed by atoms with Crippen molar-refractivity contribution in [1.82, 2.24) is 29.7 Å². The van der Waals surface area contributed by atoms with E-state index in [1.165, 1.54) is 0 Å². The lowest BCUT2D eigenvalue weighted by Crippen LogP contribution is -2.06. The van der Waals surface area contributed by atoms with Crippen LogP contribution in [0.2, 0.25) is 0 Å². The largest absolute Gasteiger partial charge is 0.496 e. The van der Waals surface area contributed by atoms with Crippen LogP contribution in [0.1, 0.15) is 27.8 Å². The van der Waals surface area contributed by atoms with Gasteiger partial charge in [-0.1, -0.05) is 114 Å². The van der Waals surface area contributed by atoms with Crippen molar-refractivity contribution < 1.29 is 14.2 Å². The molecule has 3 heterocycles. The highest BCUT2D eigenvalue weighted by Gasteiger charge is 2.18. The quantitative estimate of drug-likeness (QED) is 0.175. The van der Waals surface area contributed by atoms with Gasteiger partial charge in [-0.25, -0.2) is 0 Å². The molecule has 1 aliphatic rings. The van der Waals surface area contributed by atoms with Gasteiger partial charge in [0.2, 0.25) is 10.3 Å². The SMILES string of the molecule is COc1c2cc(C)cc1COc1ccccc1/C=N/n1c(nnc1-c1ccccc1)SCCSc1nnc(-c3ccccc3)n1/N=C/c1ccccc1OC2. The summed E-state index contributed by atoms with van der Waals surface area (Å²) in [4.78, 5) is 0. The van der Waals surface area contributed by atoms with Crippen molar-refractivity contribution >= 4 is 36.0 Å². The standard InChI is InChI=1S/C42H36N8O3S2/c1-29-23-34-27-52-36-19-11-9-17-32(36)25-43-49-39(30-13-5-3-6-14-30)45-47-41(49)54-21-22-55-42-48-46-40(31-15-7-4-8-16-31)50(42)44-26-33-18-10-12-20-37(33)53-28-35(24-29)38(34)51-2/h3-20,23-26H,21-22,27-28H2,1-2H3/b43-25+,44-26+. The van der Waals surface area contributed by atoms with E-state index in [9.17, 15) is 0 Å². The molecule has 2 aromatic heterocycles. The van der Waals surface area contributed by atoms with E-state index in [0.29, 0.717) is 50.7 Å². The Hall–Kier alpha value is -6.18. The molecule has 0 saturated carbocycles. The number of para-hydroxylation sites is 2. The molecule has 5 aromatic carbocycles. The Bertz CT molecular complexity index is 2300. The van der Waals surface area contributed by atoms with E-state index < -0.39 is 0 Å². The lowest BCUT2D eigenvalue weighted by Gasteiger charge is -2.17. The number of thioether (sulfide) groups is 2. The number of methoxy groups -OCH3 is 1. The van der Waals surface area contributed by atoms with Crippen molar-refractivity contribution in [3.05, 3.63) is 149 Å². The molecule has 0 fully saturated rings. The first-order chi connectivity index (χ1) is 27.1. The topological polar surface area (TPSA) is 114 Å². The molecule has 8 rings (SSSR count). The molecule has 274 valence electrons. The molecule has 0 atom stereocenters. The van der Waals surface area contributed by atoms with Crippen molar-refractivity contribution in [2.24, 2.45) is 10.2 Å². The number of aryl methyl sites for hydroxylation is 1.